The molecule has 1 aliphatic rings. The Morgan fingerprint density at radius 3 is 2.52 bits per heavy atom. The standard InChI is InChI=1S/C18H20BrNO2S/c1-13(16-8-7-15-3-2-4-17(15)11-16)20-23(21,22)12-14-5-9-18(19)10-6-14/h5-11,13,20H,2-4,12H2,1H3/t13-/m0/s1. The summed E-state index contributed by atoms with van der Waals surface area (Å²) in [6, 6.07) is 13.5. The number of halogens is 1. The molecule has 122 valence electrons. The highest BCUT2D eigenvalue weighted by Crippen LogP contribution is 2.26. The summed E-state index contributed by atoms with van der Waals surface area (Å²) < 4.78 is 28.5. The zero-order valence-corrected chi connectivity index (χ0v) is 15.5. The molecule has 2 aromatic carbocycles. The van der Waals surface area contributed by atoms with Gasteiger partial charge in [-0.1, -0.05) is 46.3 Å². The van der Waals surface area contributed by atoms with E-state index in [1.807, 2.05) is 37.3 Å². The Labute approximate surface area is 146 Å². The summed E-state index contributed by atoms with van der Waals surface area (Å²) in [7, 11) is -3.37. The molecule has 0 fully saturated rings. The first-order valence-corrected chi connectivity index (χ1v) is 10.2. The fourth-order valence-electron chi connectivity index (χ4n) is 3.04. The van der Waals surface area contributed by atoms with Crippen LogP contribution in [0.3, 0.4) is 0 Å². The van der Waals surface area contributed by atoms with Crippen molar-refractivity contribution in [3.05, 3.63) is 69.2 Å². The van der Waals surface area contributed by atoms with Crippen LogP contribution in [0.25, 0.3) is 0 Å². The Morgan fingerprint density at radius 1 is 1.09 bits per heavy atom. The van der Waals surface area contributed by atoms with Crippen LogP contribution in [0.2, 0.25) is 0 Å². The molecule has 1 aliphatic carbocycles. The van der Waals surface area contributed by atoms with Crippen molar-refractivity contribution in [2.24, 2.45) is 0 Å². The molecule has 0 saturated carbocycles. The van der Waals surface area contributed by atoms with E-state index in [1.54, 1.807) is 0 Å². The monoisotopic (exact) mass is 393 g/mol. The third kappa shape index (κ3) is 4.22. The summed E-state index contributed by atoms with van der Waals surface area (Å²) in [6.45, 7) is 1.90. The molecule has 5 heteroatoms. The van der Waals surface area contributed by atoms with Crippen LogP contribution < -0.4 is 4.72 Å². The van der Waals surface area contributed by atoms with Crippen LogP contribution in [0.1, 0.15) is 41.6 Å². The zero-order chi connectivity index (χ0) is 16.4. The highest BCUT2D eigenvalue weighted by atomic mass is 79.9. The molecular weight excluding hydrogens is 374 g/mol. The van der Waals surface area contributed by atoms with Crippen molar-refractivity contribution >= 4 is 26.0 Å². The Bertz CT molecular complexity index is 800. The van der Waals surface area contributed by atoms with Crippen molar-refractivity contribution in [3.63, 3.8) is 0 Å². The minimum Gasteiger partial charge on any atom is -0.212 e. The summed E-state index contributed by atoms with van der Waals surface area (Å²) in [5, 5.41) is 0. The fourth-order valence-corrected chi connectivity index (χ4v) is 4.69. The zero-order valence-electron chi connectivity index (χ0n) is 13.0. The number of nitrogens with one attached hydrogen (secondary N) is 1. The molecule has 0 saturated heterocycles. The van der Waals surface area contributed by atoms with E-state index in [-0.39, 0.29) is 11.8 Å². The average molecular weight is 394 g/mol. The summed E-state index contributed by atoms with van der Waals surface area (Å²) in [6.07, 6.45) is 3.43. The Hall–Kier alpha value is -1.17. The van der Waals surface area contributed by atoms with E-state index in [1.165, 1.54) is 17.5 Å². The molecule has 3 rings (SSSR count). The highest BCUT2D eigenvalue weighted by Gasteiger charge is 2.18. The van der Waals surface area contributed by atoms with Gasteiger partial charge in [-0.05, 0) is 60.6 Å². The molecule has 0 heterocycles. The summed E-state index contributed by atoms with van der Waals surface area (Å²) in [5.74, 6) is -0.00440. The van der Waals surface area contributed by atoms with Crippen molar-refractivity contribution in [2.75, 3.05) is 0 Å². The number of fused-ring (bicyclic) bond motifs is 1. The van der Waals surface area contributed by atoms with Crippen molar-refractivity contribution in [1.82, 2.24) is 4.72 Å². The normalized spacial score (nSPS) is 15.4. The fraction of sp³-hybridized carbons (Fsp3) is 0.333. The number of benzene rings is 2. The van der Waals surface area contributed by atoms with Crippen LogP contribution in [0, 0.1) is 0 Å². The van der Waals surface area contributed by atoms with E-state index in [0.29, 0.717) is 0 Å². The number of aryl methyl sites for hydroxylation is 2. The summed E-state index contributed by atoms with van der Waals surface area (Å²) >= 11 is 3.36. The first-order valence-electron chi connectivity index (χ1n) is 7.79. The lowest BCUT2D eigenvalue weighted by Crippen LogP contribution is -2.28. The minimum absolute atomic E-state index is 0.00440. The molecule has 0 amide bonds. The molecular formula is C18H20BrNO2S. The van der Waals surface area contributed by atoms with Gasteiger partial charge in [0.1, 0.15) is 0 Å². The van der Waals surface area contributed by atoms with Crippen LogP contribution >= 0.6 is 15.9 Å². The van der Waals surface area contributed by atoms with Gasteiger partial charge in [-0.3, -0.25) is 0 Å². The highest BCUT2D eigenvalue weighted by molar-refractivity contribution is 9.10. The maximum absolute atomic E-state index is 12.4. The van der Waals surface area contributed by atoms with Gasteiger partial charge in [0.2, 0.25) is 10.0 Å². The Morgan fingerprint density at radius 2 is 1.78 bits per heavy atom. The van der Waals surface area contributed by atoms with Crippen molar-refractivity contribution in [2.45, 2.75) is 38.0 Å². The number of hydrogen-bond acceptors (Lipinski definition) is 2. The lowest BCUT2D eigenvalue weighted by Gasteiger charge is -2.16. The molecule has 23 heavy (non-hydrogen) atoms. The van der Waals surface area contributed by atoms with E-state index >= 15 is 0 Å². The van der Waals surface area contributed by atoms with Gasteiger partial charge in [0.25, 0.3) is 0 Å². The molecule has 1 atom stereocenters. The van der Waals surface area contributed by atoms with Crippen molar-refractivity contribution < 1.29 is 8.42 Å². The smallest absolute Gasteiger partial charge is 0.212 e. The first kappa shape index (κ1) is 16.7. The third-order valence-electron chi connectivity index (χ3n) is 4.25. The Kier molecular flexibility index (Phi) is 4.90. The molecule has 2 aromatic rings. The van der Waals surface area contributed by atoms with Crippen LogP contribution in [0.5, 0.6) is 0 Å². The lowest BCUT2D eigenvalue weighted by atomic mass is 10.0. The van der Waals surface area contributed by atoms with Crippen molar-refractivity contribution in [3.8, 4) is 0 Å². The predicted molar refractivity (Wildman–Crippen MR) is 96.8 cm³/mol. The van der Waals surface area contributed by atoms with Crippen molar-refractivity contribution in [1.29, 1.82) is 0 Å². The lowest BCUT2D eigenvalue weighted by molar-refractivity contribution is 0.566. The van der Waals surface area contributed by atoms with E-state index in [4.69, 9.17) is 0 Å². The average Bonchev–Trinajstić information content (AvgIpc) is 2.96. The largest absolute Gasteiger partial charge is 0.216 e. The SMILES string of the molecule is C[C@H](NS(=O)(=O)Cc1ccc(Br)cc1)c1ccc2c(c1)CCC2. The van der Waals surface area contributed by atoms with Gasteiger partial charge in [0.05, 0.1) is 5.75 Å². The molecule has 0 spiro atoms. The van der Waals surface area contributed by atoms with Gasteiger partial charge in [-0.25, -0.2) is 13.1 Å². The van der Waals surface area contributed by atoms with Crippen LogP contribution in [0.15, 0.2) is 46.9 Å². The van der Waals surface area contributed by atoms with Gasteiger partial charge in [-0.15, -0.1) is 0 Å². The van der Waals surface area contributed by atoms with Crippen LogP contribution in [0.4, 0.5) is 0 Å². The molecule has 0 radical (unpaired) electrons. The van der Waals surface area contributed by atoms with E-state index in [9.17, 15) is 8.42 Å². The second kappa shape index (κ2) is 6.75. The third-order valence-corrected chi connectivity index (χ3v) is 6.20. The van der Waals surface area contributed by atoms with Gasteiger partial charge in [0.15, 0.2) is 0 Å². The van der Waals surface area contributed by atoms with Gasteiger partial charge < -0.3 is 0 Å². The number of hydrogen-bond donors (Lipinski definition) is 1. The van der Waals surface area contributed by atoms with Gasteiger partial charge >= 0.3 is 0 Å². The quantitative estimate of drug-likeness (QED) is 0.830. The first-order chi connectivity index (χ1) is 10.9. The molecule has 0 aliphatic heterocycles. The van der Waals surface area contributed by atoms with E-state index in [0.717, 1.165) is 28.4 Å². The molecule has 3 nitrogen and oxygen atoms in total. The predicted octanol–water partition coefficient (Wildman–Crippen LogP) is 4.12. The van der Waals surface area contributed by atoms with Gasteiger partial charge in [0, 0.05) is 10.5 Å². The van der Waals surface area contributed by atoms with Gasteiger partial charge in [-0.2, -0.15) is 0 Å². The van der Waals surface area contributed by atoms with E-state index < -0.39 is 10.0 Å². The molecule has 0 aromatic heterocycles. The minimum atomic E-state index is -3.37. The van der Waals surface area contributed by atoms with Crippen LogP contribution in [-0.4, -0.2) is 8.42 Å². The maximum Gasteiger partial charge on any atom is 0.216 e. The summed E-state index contributed by atoms with van der Waals surface area (Å²) in [4.78, 5) is 0. The Balaban J connectivity index is 1.70. The topological polar surface area (TPSA) is 46.2 Å². The molecule has 1 N–H and O–H groups in total. The maximum atomic E-state index is 12.4. The second-order valence-electron chi connectivity index (χ2n) is 6.11. The van der Waals surface area contributed by atoms with E-state index in [2.05, 4.69) is 32.8 Å². The molecule has 0 bridgehead atoms. The number of rotatable bonds is 5. The summed E-state index contributed by atoms with van der Waals surface area (Å²) in [5.41, 5.74) is 4.58. The molecule has 0 unspecified atom stereocenters. The number of sulfonamides is 1. The second-order valence-corrected chi connectivity index (χ2v) is 8.78. The van der Waals surface area contributed by atoms with Crippen LogP contribution in [-0.2, 0) is 28.6 Å².